The molecular formula is C16H14ClN5O3S. The molecule has 1 aromatic carbocycles. The minimum atomic E-state index is -0.432. The first-order chi connectivity index (χ1) is 12.5. The Morgan fingerprint density at radius 2 is 1.96 bits per heavy atom. The van der Waals surface area contributed by atoms with E-state index in [1.807, 2.05) is 0 Å². The predicted octanol–water partition coefficient (Wildman–Crippen LogP) is 2.28. The second kappa shape index (κ2) is 8.07. The fourth-order valence-corrected chi connectivity index (χ4v) is 2.86. The number of thioether (sulfide) groups is 1. The number of hydrazine groups is 1. The van der Waals surface area contributed by atoms with Crippen molar-refractivity contribution in [3.8, 4) is 11.6 Å². The Labute approximate surface area is 157 Å². The van der Waals surface area contributed by atoms with Gasteiger partial charge >= 0.3 is 0 Å². The zero-order valence-electron chi connectivity index (χ0n) is 13.6. The van der Waals surface area contributed by atoms with Crippen LogP contribution >= 0.6 is 23.4 Å². The van der Waals surface area contributed by atoms with Crippen molar-refractivity contribution in [1.29, 1.82) is 0 Å². The topological polar surface area (TPSA) is 102 Å². The van der Waals surface area contributed by atoms with Gasteiger partial charge in [-0.3, -0.25) is 20.4 Å². The van der Waals surface area contributed by atoms with Crippen LogP contribution in [0.25, 0.3) is 11.6 Å². The molecule has 0 aliphatic carbocycles. The van der Waals surface area contributed by atoms with Crippen molar-refractivity contribution >= 4 is 35.2 Å². The maximum atomic E-state index is 11.9. The quantitative estimate of drug-likeness (QED) is 0.511. The molecule has 8 nitrogen and oxygen atoms in total. The molecule has 0 unspecified atom stereocenters. The van der Waals surface area contributed by atoms with Crippen LogP contribution in [0.4, 0.5) is 0 Å². The Kier molecular flexibility index (Phi) is 5.59. The maximum absolute atomic E-state index is 11.9. The van der Waals surface area contributed by atoms with E-state index in [4.69, 9.17) is 16.0 Å². The van der Waals surface area contributed by atoms with Crippen molar-refractivity contribution in [1.82, 2.24) is 25.6 Å². The molecule has 10 heteroatoms. The van der Waals surface area contributed by atoms with E-state index in [0.29, 0.717) is 27.3 Å². The number of hydrogen-bond donors (Lipinski definition) is 2. The minimum absolute atomic E-state index is 0.0605. The number of amides is 2. The van der Waals surface area contributed by atoms with Crippen molar-refractivity contribution in [3.05, 3.63) is 53.2 Å². The first kappa shape index (κ1) is 18.0. The van der Waals surface area contributed by atoms with Gasteiger partial charge in [-0.1, -0.05) is 23.4 Å². The Bertz CT molecular complexity index is 909. The molecule has 0 saturated carbocycles. The second-order valence-electron chi connectivity index (χ2n) is 5.14. The zero-order valence-corrected chi connectivity index (χ0v) is 15.2. The number of hydrogen-bond acceptors (Lipinski definition) is 6. The molecule has 3 aromatic rings. The minimum Gasteiger partial charge on any atom is -0.461 e. The SMILES string of the molecule is Cn1c(SCC(=O)NNC(=O)c2ccc(Cl)cc2)nnc1-c1ccco1. The summed E-state index contributed by atoms with van der Waals surface area (Å²) >= 11 is 6.96. The molecule has 2 aromatic heterocycles. The molecule has 0 spiro atoms. The monoisotopic (exact) mass is 391 g/mol. The van der Waals surface area contributed by atoms with Gasteiger partial charge in [0.25, 0.3) is 5.91 Å². The number of aromatic nitrogens is 3. The zero-order chi connectivity index (χ0) is 18.5. The van der Waals surface area contributed by atoms with E-state index in [-0.39, 0.29) is 11.7 Å². The average molecular weight is 392 g/mol. The summed E-state index contributed by atoms with van der Waals surface area (Å²) < 4.78 is 7.01. The van der Waals surface area contributed by atoms with Crippen LogP contribution in [0.1, 0.15) is 10.4 Å². The second-order valence-corrected chi connectivity index (χ2v) is 6.52. The summed E-state index contributed by atoms with van der Waals surface area (Å²) in [4.78, 5) is 23.8. The van der Waals surface area contributed by atoms with Crippen LogP contribution in [0.3, 0.4) is 0 Å². The van der Waals surface area contributed by atoms with Gasteiger partial charge in [0.15, 0.2) is 16.7 Å². The summed E-state index contributed by atoms with van der Waals surface area (Å²) in [6.07, 6.45) is 1.55. The summed E-state index contributed by atoms with van der Waals surface area (Å²) in [5.41, 5.74) is 5.08. The van der Waals surface area contributed by atoms with Gasteiger partial charge in [0, 0.05) is 17.6 Å². The standard InChI is InChI=1S/C16H14ClN5O3S/c1-22-14(12-3-2-8-25-12)19-21-16(22)26-9-13(23)18-20-15(24)10-4-6-11(17)7-5-10/h2-8H,9H2,1H3,(H,18,23)(H,20,24). The fourth-order valence-electron chi connectivity index (χ4n) is 2.03. The van der Waals surface area contributed by atoms with Gasteiger partial charge in [-0.25, -0.2) is 0 Å². The van der Waals surface area contributed by atoms with E-state index in [2.05, 4.69) is 21.0 Å². The van der Waals surface area contributed by atoms with Crippen molar-refractivity contribution in [2.24, 2.45) is 7.05 Å². The van der Waals surface area contributed by atoms with Crippen LogP contribution in [0.5, 0.6) is 0 Å². The fraction of sp³-hybridized carbons (Fsp3) is 0.125. The third-order valence-corrected chi connectivity index (χ3v) is 4.60. The van der Waals surface area contributed by atoms with Crippen LogP contribution in [-0.4, -0.2) is 32.3 Å². The van der Waals surface area contributed by atoms with Crippen molar-refractivity contribution in [2.75, 3.05) is 5.75 Å². The summed E-state index contributed by atoms with van der Waals surface area (Å²) in [5, 5.41) is 9.15. The molecule has 26 heavy (non-hydrogen) atoms. The number of carbonyl (C=O) groups is 2. The van der Waals surface area contributed by atoms with Gasteiger partial charge < -0.3 is 8.98 Å². The first-order valence-electron chi connectivity index (χ1n) is 7.45. The van der Waals surface area contributed by atoms with Crippen LogP contribution in [0.2, 0.25) is 5.02 Å². The number of furan rings is 1. The van der Waals surface area contributed by atoms with Crippen LogP contribution < -0.4 is 10.9 Å². The van der Waals surface area contributed by atoms with Crippen molar-refractivity contribution in [3.63, 3.8) is 0 Å². The highest BCUT2D eigenvalue weighted by molar-refractivity contribution is 7.99. The Morgan fingerprint density at radius 1 is 1.19 bits per heavy atom. The van der Waals surface area contributed by atoms with E-state index in [0.717, 1.165) is 0 Å². The Balaban J connectivity index is 1.50. The third-order valence-electron chi connectivity index (χ3n) is 3.33. The van der Waals surface area contributed by atoms with E-state index in [9.17, 15) is 9.59 Å². The van der Waals surface area contributed by atoms with Crippen molar-refractivity contribution in [2.45, 2.75) is 5.16 Å². The first-order valence-corrected chi connectivity index (χ1v) is 8.82. The predicted molar refractivity (Wildman–Crippen MR) is 96.5 cm³/mol. The number of nitrogens with zero attached hydrogens (tertiary/aromatic N) is 3. The number of nitrogens with one attached hydrogen (secondary N) is 2. The number of halogens is 1. The molecule has 0 bridgehead atoms. The van der Waals surface area contributed by atoms with Gasteiger partial charge in [0.1, 0.15) is 0 Å². The smallest absolute Gasteiger partial charge is 0.269 e. The summed E-state index contributed by atoms with van der Waals surface area (Å²) in [5.74, 6) is 0.407. The van der Waals surface area contributed by atoms with Gasteiger partial charge in [-0.2, -0.15) is 0 Å². The summed E-state index contributed by atoms with van der Waals surface area (Å²) in [6.45, 7) is 0. The molecule has 0 aliphatic rings. The average Bonchev–Trinajstić information content (AvgIpc) is 3.28. The van der Waals surface area contributed by atoms with Crippen LogP contribution in [0.15, 0.2) is 52.2 Å². The number of benzene rings is 1. The van der Waals surface area contributed by atoms with Crippen LogP contribution in [0, 0.1) is 0 Å². The lowest BCUT2D eigenvalue weighted by atomic mass is 10.2. The number of carbonyl (C=O) groups excluding carboxylic acids is 2. The molecule has 3 rings (SSSR count). The van der Waals surface area contributed by atoms with E-state index < -0.39 is 5.91 Å². The molecule has 0 atom stereocenters. The summed E-state index contributed by atoms with van der Waals surface area (Å²) in [6, 6.07) is 9.85. The normalized spacial score (nSPS) is 10.5. The van der Waals surface area contributed by atoms with Gasteiger partial charge in [-0.05, 0) is 36.4 Å². The molecule has 0 aliphatic heterocycles. The highest BCUT2D eigenvalue weighted by Crippen LogP contribution is 2.22. The van der Waals surface area contributed by atoms with Crippen LogP contribution in [-0.2, 0) is 11.8 Å². The molecule has 2 N–H and O–H groups in total. The van der Waals surface area contributed by atoms with E-state index >= 15 is 0 Å². The highest BCUT2D eigenvalue weighted by atomic mass is 35.5. The lowest BCUT2D eigenvalue weighted by molar-refractivity contribution is -0.119. The van der Waals surface area contributed by atoms with Gasteiger partial charge in [0.2, 0.25) is 5.91 Å². The largest absolute Gasteiger partial charge is 0.461 e. The molecule has 0 saturated heterocycles. The lowest BCUT2D eigenvalue weighted by Gasteiger charge is -2.07. The number of rotatable bonds is 5. The highest BCUT2D eigenvalue weighted by Gasteiger charge is 2.15. The van der Waals surface area contributed by atoms with Gasteiger partial charge in [0.05, 0.1) is 12.0 Å². The Hall–Kier alpha value is -2.78. The molecule has 134 valence electrons. The third kappa shape index (κ3) is 4.24. The molecule has 0 radical (unpaired) electrons. The van der Waals surface area contributed by atoms with E-state index in [1.165, 1.54) is 11.8 Å². The molecule has 2 heterocycles. The van der Waals surface area contributed by atoms with Gasteiger partial charge in [-0.15, -0.1) is 10.2 Å². The molecule has 2 amide bonds. The van der Waals surface area contributed by atoms with Crippen molar-refractivity contribution < 1.29 is 14.0 Å². The molecule has 0 fully saturated rings. The Morgan fingerprint density at radius 3 is 2.65 bits per heavy atom. The maximum Gasteiger partial charge on any atom is 0.269 e. The van der Waals surface area contributed by atoms with E-state index in [1.54, 1.807) is 54.3 Å². The summed E-state index contributed by atoms with van der Waals surface area (Å²) in [7, 11) is 1.78. The molecular weight excluding hydrogens is 378 g/mol. The lowest BCUT2D eigenvalue weighted by Crippen LogP contribution is -2.42.